The third-order valence-corrected chi connectivity index (χ3v) is 5.12. The summed E-state index contributed by atoms with van der Waals surface area (Å²) in [4.78, 5) is 20.9. The number of aliphatic hydroxyl groups excluding tert-OH is 2. The topological polar surface area (TPSA) is 115 Å². The zero-order valence-corrected chi connectivity index (χ0v) is 14.6. The van der Waals surface area contributed by atoms with Crippen LogP contribution in [-0.2, 0) is 9.59 Å². The molecule has 4 fully saturated rings. The first-order valence-corrected chi connectivity index (χ1v) is 8.50. The van der Waals surface area contributed by atoms with Crippen LogP contribution < -0.4 is 0 Å². The van der Waals surface area contributed by atoms with Crippen molar-refractivity contribution in [3.8, 4) is 0 Å². The van der Waals surface area contributed by atoms with E-state index in [1.807, 2.05) is 0 Å². The van der Waals surface area contributed by atoms with Crippen LogP contribution in [0.1, 0.15) is 52.4 Å². The molecule has 4 aliphatic rings. The van der Waals surface area contributed by atoms with Crippen LogP contribution in [0.2, 0.25) is 0 Å². The van der Waals surface area contributed by atoms with Gasteiger partial charge in [0, 0.05) is 5.57 Å². The van der Waals surface area contributed by atoms with Crippen LogP contribution in [0.25, 0.3) is 0 Å². The lowest BCUT2D eigenvalue weighted by atomic mass is 9.49. The minimum atomic E-state index is -0.935. The summed E-state index contributed by atoms with van der Waals surface area (Å²) in [6.07, 6.45) is 6.36. The second-order valence-corrected chi connectivity index (χ2v) is 7.62. The van der Waals surface area contributed by atoms with Gasteiger partial charge in [0.2, 0.25) is 0 Å². The first kappa shape index (κ1) is 20.6. The minimum absolute atomic E-state index is 0.139. The number of hydrogen-bond donors (Lipinski definition) is 4. The predicted octanol–water partition coefficient (Wildman–Crippen LogP) is 2.29. The molecular formula is C18H30O6. The third kappa shape index (κ3) is 5.60. The number of aliphatic hydroxyl groups is 2. The fourth-order valence-corrected chi connectivity index (χ4v) is 4.37. The van der Waals surface area contributed by atoms with Crippen LogP contribution in [-0.4, -0.2) is 45.1 Å². The molecule has 138 valence electrons. The molecule has 4 saturated carbocycles. The van der Waals surface area contributed by atoms with Gasteiger partial charge in [0.15, 0.2) is 0 Å². The summed E-state index contributed by atoms with van der Waals surface area (Å²) in [5, 5.41) is 33.2. The van der Waals surface area contributed by atoms with E-state index >= 15 is 0 Å². The van der Waals surface area contributed by atoms with E-state index < -0.39 is 18.0 Å². The number of carbonyl (C=O) groups is 2. The van der Waals surface area contributed by atoms with Gasteiger partial charge in [0.05, 0.1) is 18.1 Å². The molecule has 0 radical (unpaired) electrons. The summed E-state index contributed by atoms with van der Waals surface area (Å²) in [5.41, 5.74) is -0.107. The first-order chi connectivity index (χ1) is 11.1. The molecule has 0 aromatic carbocycles. The zero-order chi connectivity index (χ0) is 18.5. The van der Waals surface area contributed by atoms with Crippen LogP contribution in [0.4, 0.5) is 0 Å². The van der Waals surface area contributed by atoms with Crippen LogP contribution >= 0.6 is 0 Å². The molecule has 0 aromatic heterocycles. The van der Waals surface area contributed by atoms with E-state index in [1.54, 1.807) is 0 Å². The van der Waals surface area contributed by atoms with E-state index in [9.17, 15) is 14.7 Å². The predicted molar refractivity (Wildman–Crippen MR) is 89.5 cm³/mol. The molecule has 6 heteroatoms. The average molecular weight is 342 g/mol. The summed E-state index contributed by atoms with van der Waals surface area (Å²) < 4.78 is 0. The number of aliphatic carboxylic acids is 2. The molecule has 24 heavy (non-hydrogen) atoms. The molecular weight excluding hydrogens is 312 g/mol. The Morgan fingerprint density at radius 1 is 1.08 bits per heavy atom. The van der Waals surface area contributed by atoms with E-state index in [-0.39, 0.29) is 17.6 Å². The van der Waals surface area contributed by atoms with Gasteiger partial charge in [-0.05, 0) is 70.1 Å². The number of carboxylic acids is 2. The average Bonchev–Trinajstić information content (AvgIpc) is 2.46. The molecule has 4 bridgehead atoms. The molecule has 1 atom stereocenters. The molecule has 4 aliphatic carbocycles. The van der Waals surface area contributed by atoms with Crippen LogP contribution in [0, 0.1) is 23.2 Å². The van der Waals surface area contributed by atoms with Crippen molar-refractivity contribution in [2.24, 2.45) is 23.2 Å². The van der Waals surface area contributed by atoms with Crippen LogP contribution in [0.5, 0.6) is 0 Å². The maximum Gasteiger partial charge on any atom is 0.330 e. The number of carboxylic acid groups (broad SMARTS) is 2. The van der Waals surface area contributed by atoms with Crippen molar-refractivity contribution in [3.63, 3.8) is 0 Å². The van der Waals surface area contributed by atoms with Gasteiger partial charge in [-0.3, -0.25) is 4.79 Å². The quantitative estimate of drug-likeness (QED) is 0.585. The molecule has 6 nitrogen and oxygen atoms in total. The first-order valence-electron chi connectivity index (χ1n) is 8.50. The van der Waals surface area contributed by atoms with E-state index in [1.165, 1.54) is 33.1 Å². The summed E-state index contributed by atoms with van der Waals surface area (Å²) in [6, 6.07) is 0. The van der Waals surface area contributed by atoms with Gasteiger partial charge >= 0.3 is 11.9 Å². The van der Waals surface area contributed by atoms with Gasteiger partial charge in [-0.2, -0.15) is 0 Å². The van der Waals surface area contributed by atoms with Gasteiger partial charge in [0.25, 0.3) is 0 Å². The molecule has 0 saturated heterocycles. The van der Waals surface area contributed by atoms with Crippen molar-refractivity contribution in [1.29, 1.82) is 0 Å². The standard InChI is InChI=1S/C11H16O2.C4H6O2.C3H8O2/c12-10(13)11-4-7-1-8(5-11)3-9(2-7)6-11;1-3(2)4(5)6;1-3(5)2-4/h7-9H,1-6H2,(H,12,13);1H2,2H3,(H,5,6);3-5H,2H2,1H3. The monoisotopic (exact) mass is 342 g/mol. The smallest absolute Gasteiger partial charge is 0.330 e. The molecule has 0 amide bonds. The Kier molecular flexibility index (Phi) is 7.42. The van der Waals surface area contributed by atoms with E-state index in [2.05, 4.69) is 6.58 Å². The highest BCUT2D eigenvalue weighted by Gasteiger charge is 2.54. The molecule has 4 rings (SSSR count). The van der Waals surface area contributed by atoms with Gasteiger partial charge in [-0.25, -0.2) is 4.79 Å². The highest BCUT2D eigenvalue weighted by molar-refractivity contribution is 5.84. The van der Waals surface area contributed by atoms with E-state index in [0.29, 0.717) is 0 Å². The maximum absolute atomic E-state index is 11.3. The lowest BCUT2D eigenvalue weighted by Gasteiger charge is -2.54. The largest absolute Gasteiger partial charge is 0.481 e. The van der Waals surface area contributed by atoms with Crippen LogP contribution in [0.3, 0.4) is 0 Å². The number of rotatable bonds is 3. The second-order valence-electron chi connectivity index (χ2n) is 7.62. The summed E-state index contributed by atoms with van der Waals surface area (Å²) >= 11 is 0. The lowest BCUT2D eigenvalue weighted by molar-refractivity contribution is -0.164. The highest BCUT2D eigenvalue weighted by atomic mass is 16.4. The maximum atomic E-state index is 11.3. The summed E-state index contributed by atoms with van der Waals surface area (Å²) in [5.74, 6) is 0.814. The summed E-state index contributed by atoms with van der Waals surface area (Å²) in [6.45, 7) is 5.99. The molecule has 0 aromatic rings. The molecule has 4 N–H and O–H groups in total. The number of hydrogen-bond acceptors (Lipinski definition) is 4. The Bertz CT molecular complexity index is 421. The molecule has 1 unspecified atom stereocenters. The Balaban J connectivity index is 0.000000222. The Morgan fingerprint density at radius 3 is 1.54 bits per heavy atom. The Morgan fingerprint density at radius 2 is 1.38 bits per heavy atom. The van der Waals surface area contributed by atoms with Crippen molar-refractivity contribution >= 4 is 11.9 Å². The molecule has 0 heterocycles. The lowest BCUT2D eigenvalue weighted by Crippen LogP contribution is -2.49. The van der Waals surface area contributed by atoms with E-state index in [4.69, 9.17) is 15.3 Å². The van der Waals surface area contributed by atoms with E-state index in [0.717, 1.165) is 37.0 Å². The highest BCUT2D eigenvalue weighted by Crippen LogP contribution is 2.59. The van der Waals surface area contributed by atoms with Crippen LogP contribution in [0.15, 0.2) is 12.2 Å². The normalized spacial score (nSPS) is 33.4. The van der Waals surface area contributed by atoms with Crippen molar-refractivity contribution in [2.75, 3.05) is 6.61 Å². The van der Waals surface area contributed by atoms with Gasteiger partial charge in [-0.15, -0.1) is 0 Å². The van der Waals surface area contributed by atoms with Crippen molar-refractivity contribution in [3.05, 3.63) is 12.2 Å². The minimum Gasteiger partial charge on any atom is -0.481 e. The third-order valence-electron chi connectivity index (χ3n) is 5.12. The Hall–Kier alpha value is -1.40. The van der Waals surface area contributed by atoms with Gasteiger partial charge in [0.1, 0.15) is 0 Å². The summed E-state index contributed by atoms with van der Waals surface area (Å²) in [7, 11) is 0. The van der Waals surface area contributed by atoms with Crippen molar-refractivity contribution < 1.29 is 30.0 Å². The van der Waals surface area contributed by atoms with Gasteiger partial charge < -0.3 is 20.4 Å². The zero-order valence-electron chi connectivity index (χ0n) is 14.6. The molecule has 0 aliphatic heterocycles. The SMILES string of the molecule is C=C(C)C(=O)O.CC(O)CO.O=C(O)C12CC3CC(CC(C3)C1)C2. The van der Waals surface area contributed by atoms with Crippen molar-refractivity contribution in [1.82, 2.24) is 0 Å². The van der Waals surface area contributed by atoms with Gasteiger partial charge in [-0.1, -0.05) is 6.58 Å². The second kappa shape index (κ2) is 8.62. The molecule has 0 spiro atoms. The van der Waals surface area contributed by atoms with Crippen molar-refractivity contribution in [2.45, 2.75) is 58.5 Å². The Labute approximate surface area is 143 Å². The fraction of sp³-hybridized carbons (Fsp3) is 0.778. The fourth-order valence-electron chi connectivity index (χ4n) is 4.37.